The fourth-order valence-electron chi connectivity index (χ4n) is 4.81. The molecule has 3 N–H and O–H groups in total. The first kappa shape index (κ1) is 26.3. The summed E-state index contributed by atoms with van der Waals surface area (Å²) in [5, 5.41) is 5.52. The minimum Gasteiger partial charge on any atom is -0.495 e. The quantitative estimate of drug-likeness (QED) is 0.320. The maximum absolute atomic E-state index is 12.8. The Bertz CT molecular complexity index is 1630. The van der Waals surface area contributed by atoms with Crippen LogP contribution in [0.3, 0.4) is 0 Å². The van der Waals surface area contributed by atoms with Gasteiger partial charge in [-0.3, -0.25) is 4.79 Å². The number of aromatic nitrogens is 4. The van der Waals surface area contributed by atoms with Gasteiger partial charge in [0, 0.05) is 25.2 Å². The molecular weight excluding hydrogens is 518 g/mol. The Balaban J connectivity index is 1.41. The largest absolute Gasteiger partial charge is 0.495 e. The molecule has 3 heterocycles. The molecule has 11 nitrogen and oxygen atoms in total. The summed E-state index contributed by atoms with van der Waals surface area (Å²) in [6, 6.07) is 13.8. The van der Waals surface area contributed by atoms with Crippen molar-refractivity contribution < 1.29 is 17.9 Å². The summed E-state index contributed by atoms with van der Waals surface area (Å²) < 4.78 is 35.3. The van der Waals surface area contributed by atoms with Crippen molar-refractivity contribution in [1.29, 1.82) is 0 Å². The van der Waals surface area contributed by atoms with E-state index in [0.717, 1.165) is 24.0 Å². The van der Waals surface area contributed by atoms with Gasteiger partial charge in [-0.2, -0.15) is 5.10 Å². The number of amides is 1. The third-order valence-electron chi connectivity index (χ3n) is 6.80. The molecule has 1 amide bonds. The number of piperidine rings is 1. The van der Waals surface area contributed by atoms with Crippen LogP contribution in [0.2, 0.25) is 0 Å². The molecule has 4 aromatic rings. The standard InChI is InChI=1S/C27H29N7O4S/c1-3-23(35)33-14-6-7-20(16-33)34-27-24(26(28)29-17-30-27)25(32-34)19-12-10-18(11-13-19)15-31-39(36,37)22-9-5-4-8-21(22)38-2/h3-5,8-13,17,20,31H,1,6-7,14-16H2,2H3,(H2,28,29,30). The molecule has 0 spiro atoms. The first-order chi connectivity index (χ1) is 18.8. The Labute approximate surface area is 226 Å². The average Bonchev–Trinajstić information content (AvgIpc) is 3.37. The molecule has 0 bridgehead atoms. The van der Waals surface area contributed by atoms with Crippen molar-refractivity contribution in [2.75, 3.05) is 25.9 Å². The van der Waals surface area contributed by atoms with Crippen LogP contribution in [-0.2, 0) is 21.4 Å². The van der Waals surface area contributed by atoms with E-state index in [4.69, 9.17) is 15.6 Å². The van der Waals surface area contributed by atoms with Crippen LogP contribution in [0.25, 0.3) is 22.3 Å². The third kappa shape index (κ3) is 5.20. The van der Waals surface area contributed by atoms with E-state index < -0.39 is 10.0 Å². The van der Waals surface area contributed by atoms with Crippen molar-refractivity contribution >= 4 is 32.8 Å². The maximum atomic E-state index is 12.8. The number of ether oxygens (including phenoxy) is 1. The topological polar surface area (TPSA) is 145 Å². The molecule has 2 aromatic carbocycles. The Hall–Kier alpha value is -4.29. The number of nitrogens with two attached hydrogens (primary N) is 1. The zero-order chi connectivity index (χ0) is 27.6. The highest BCUT2D eigenvalue weighted by atomic mass is 32.2. The van der Waals surface area contributed by atoms with Gasteiger partial charge < -0.3 is 15.4 Å². The van der Waals surface area contributed by atoms with Gasteiger partial charge in [-0.05, 0) is 36.6 Å². The van der Waals surface area contributed by atoms with Gasteiger partial charge in [0.05, 0.1) is 18.5 Å². The molecule has 1 fully saturated rings. The third-order valence-corrected chi connectivity index (χ3v) is 8.24. The van der Waals surface area contributed by atoms with E-state index in [1.807, 2.05) is 28.9 Å². The summed E-state index contributed by atoms with van der Waals surface area (Å²) in [6.45, 7) is 4.86. The fourth-order valence-corrected chi connectivity index (χ4v) is 6.00. The number of rotatable bonds is 8. The molecule has 1 aliphatic heterocycles. The van der Waals surface area contributed by atoms with Gasteiger partial charge in [0.15, 0.2) is 5.65 Å². The lowest BCUT2D eigenvalue weighted by atomic mass is 10.1. The van der Waals surface area contributed by atoms with Crippen LogP contribution in [0.1, 0.15) is 24.4 Å². The molecule has 1 unspecified atom stereocenters. The number of carbonyl (C=O) groups excluding carboxylic acids is 1. The van der Waals surface area contributed by atoms with Crippen LogP contribution in [0.15, 0.2) is 72.4 Å². The number of hydrogen-bond acceptors (Lipinski definition) is 8. The molecule has 0 aliphatic carbocycles. The van der Waals surface area contributed by atoms with E-state index in [1.165, 1.54) is 25.6 Å². The molecule has 1 saturated heterocycles. The summed E-state index contributed by atoms with van der Waals surface area (Å²) in [7, 11) is -2.35. The van der Waals surface area contributed by atoms with Crippen LogP contribution in [0.5, 0.6) is 5.75 Å². The van der Waals surface area contributed by atoms with E-state index in [0.29, 0.717) is 35.6 Å². The number of sulfonamides is 1. The molecule has 39 heavy (non-hydrogen) atoms. The van der Waals surface area contributed by atoms with Gasteiger partial charge in [-0.1, -0.05) is 43.0 Å². The van der Waals surface area contributed by atoms with Crippen LogP contribution in [0, 0.1) is 0 Å². The van der Waals surface area contributed by atoms with Crippen LogP contribution in [0.4, 0.5) is 5.82 Å². The fraction of sp³-hybridized carbons (Fsp3) is 0.259. The first-order valence-corrected chi connectivity index (χ1v) is 13.9. The summed E-state index contributed by atoms with van der Waals surface area (Å²) >= 11 is 0. The number of benzene rings is 2. The van der Waals surface area contributed by atoms with E-state index in [2.05, 4.69) is 21.3 Å². The number of anilines is 1. The molecule has 202 valence electrons. The van der Waals surface area contributed by atoms with Gasteiger partial charge in [-0.25, -0.2) is 27.8 Å². The van der Waals surface area contributed by atoms with Crippen LogP contribution in [-0.4, -0.2) is 59.2 Å². The van der Waals surface area contributed by atoms with Crippen molar-refractivity contribution in [2.45, 2.75) is 30.3 Å². The number of fused-ring (bicyclic) bond motifs is 1. The highest BCUT2D eigenvalue weighted by Crippen LogP contribution is 2.34. The molecule has 0 radical (unpaired) electrons. The molecule has 1 aliphatic rings. The van der Waals surface area contributed by atoms with Gasteiger partial charge >= 0.3 is 0 Å². The Morgan fingerprint density at radius 1 is 1.21 bits per heavy atom. The van der Waals surface area contributed by atoms with Crippen molar-refractivity contribution in [3.63, 3.8) is 0 Å². The smallest absolute Gasteiger partial charge is 0.246 e. The highest BCUT2D eigenvalue weighted by Gasteiger charge is 2.28. The van der Waals surface area contributed by atoms with E-state index in [-0.39, 0.29) is 29.1 Å². The number of para-hydroxylation sites is 1. The maximum Gasteiger partial charge on any atom is 0.246 e. The van der Waals surface area contributed by atoms with Crippen LogP contribution >= 0.6 is 0 Å². The predicted octanol–water partition coefficient (Wildman–Crippen LogP) is 2.91. The number of nitrogen functional groups attached to an aromatic ring is 1. The minimum atomic E-state index is -3.78. The zero-order valence-electron chi connectivity index (χ0n) is 21.4. The van der Waals surface area contributed by atoms with E-state index in [1.54, 1.807) is 23.1 Å². The predicted molar refractivity (Wildman–Crippen MR) is 147 cm³/mol. The summed E-state index contributed by atoms with van der Waals surface area (Å²) in [6.07, 6.45) is 4.41. The number of nitrogens with one attached hydrogen (secondary N) is 1. The lowest BCUT2D eigenvalue weighted by Gasteiger charge is -2.32. The number of carbonyl (C=O) groups is 1. The van der Waals surface area contributed by atoms with Gasteiger partial charge in [0.2, 0.25) is 15.9 Å². The van der Waals surface area contributed by atoms with E-state index in [9.17, 15) is 13.2 Å². The monoisotopic (exact) mass is 547 g/mol. The van der Waals surface area contributed by atoms with Crippen molar-refractivity contribution in [3.8, 4) is 17.0 Å². The zero-order valence-corrected chi connectivity index (χ0v) is 22.3. The second-order valence-electron chi connectivity index (χ2n) is 9.21. The SMILES string of the molecule is C=CC(=O)N1CCCC(n2nc(-c3ccc(CNS(=O)(=O)c4ccccc4OC)cc3)c3c(N)ncnc32)C1. The Morgan fingerprint density at radius 3 is 2.72 bits per heavy atom. The molecule has 12 heteroatoms. The Morgan fingerprint density at radius 2 is 1.97 bits per heavy atom. The minimum absolute atomic E-state index is 0.0724. The number of hydrogen-bond donors (Lipinski definition) is 2. The molecular formula is C27H29N7O4S. The second-order valence-corrected chi connectivity index (χ2v) is 10.9. The summed E-state index contributed by atoms with van der Waals surface area (Å²) in [4.78, 5) is 22.7. The molecule has 5 rings (SSSR count). The molecule has 2 aromatic heterocycles. The molecule has 0 saturated carbocycles. The lowest BCUT2D eigenvalue weighted by molar-refractivity contribution is -0.127. The Kier molecular flexibility index (Phi) is 7.31. The average molecular weight is 548 g/mol. The normalized spacial score (nSPS) is 15.8. The second kappa shape index (κ2) is 10.8. The summed E-state index contributed by atoms with van der Waals surface area (Å²) in [5.41, 5.74) is 9.04. The number of likely N-dealkylation sites (tertiary alicyclic amines) is 1. The molecule has 1 atom stereocenters. The van der Waals surface area contributed by atoms with Crippen molar-refractivity contribution in [3.05, 3.63) is 73.1 Å². The lowest BCUT2D eigenvalue weighted by Crippen LogP contribution is -2.40. The van der Waals surface area contributed by atoms with Gasteiger partial charge in [0.25, 0.3) is 0 Å². The number of nitrogens with zero attached hydrogens (tertiary/aromatic N) is 5. The van der Waals surface area contributed by atoms with Crippen LogP contribution < -0.4 is 15.2 Å². The van der Waals surface area contributed by atoms with Crippen molar-refractivity contribution in [2.24, 2.45) is 0 Å². The van der Waals surface area contributed by atoms with E-state index >= 15 is 0 Å². The van der Waals surface area contributed by atoms with Crippen molar-refractivity contribution in [1.82, 2.24) is 29.4 Å². The van der Waals surface area contributed by atoms with Gasteiger partial charge in [0.1, 0.15) is 28.5 Å². The number of methoxy groups -OCH3 is 1. The first-order valence-electron chi connectivity index (χ1n) is 12.4. The highest BCUT2D eigenvalue weighted by molar-refractivity contribution is 7.89. The van der Waals surface area contributed by atoms with Gasteiger partial charge in [-0.15, -0.1) is 0 Å². The summed E-state index contributed by atoms with van der Waals surface area (Å²) in [5.74, 6) is 0.477.